The highest BCUT2D eigenvalue weighted by atomic mass is 16.5. The molecule has 0 saturated heterocycles. The number of allylic oxidation sites excluding steroid dienone is 5. The molecular formula is C63H119NO5. The minimum absolute atomic E-state index is 0.0146. The summed E-state index contributed by atoms with van der Waals surface area (Å²) in [6.07, 6.45) is 73.4. The molecule has 3 N–H and O–H groups in total. The van der Waals surface area contributed by atoms with E-state index in [0.717, 1.165) is 51.4 Å². The molecule has 6 heteroatoms. The molecule has 1 amide bonds. The van der Waals surface area contributed by atoms with Gasteiger partial charge in [-0.3, -0.25) is 9.59 Å². The summed E-state index contributed by atoms with van der Waals surface area (Å²) in [6, 6.07) is -0.673. The van der Waals surface area contributed by atoms with Crippen molar-refractivity contribution in [3.8, 4) is 0 Å². The van der Waals surface area contributed by atoms with Crippen molar-refractivity contribution < 1.29 is 24.5 Å². The topological polar surface area (TPSA) is 95.9 Å². The van der Waals surface area contributed by atoms with Crippen LogP contribution in [-0.2, 0) is 14.3 Å². The maximum Gasteiger partial charge on any atom is 0.305 e. The predicted molar refractivity (Wildman–Crippen MR) is 301 cm³/mol. The van der Waals surface area contributed by atoms with E-state index < -0.39 is 12.1 Å². The molecule has 2 unspecified atom stereocenters. The quantitative estimate of drug-likeness (QED) is 0.0321. The molecule has 0 fully saturated rings. The Bertz CT molecular complexity index is 1120. The fourth-order valence-corrected chi connectivity index (χ4v) is 9.45. The fourth-order valence-electron chi connectivity index (χ4n) is 9.45. The van der Waals surface area contributed by atoms with Crippen molar-refractivity contribution in [2.75, 3.05) is 13.2 Å². The van der Waals surface area contributed by atoms with E-state index >= 15 is 0 Å². The van der Waals surface area contributed by atoms with E-state index in [9.17, 15) is 19.8 Å². The molecule has 0 aromatic carbocycles. The van der Waals surface area contributed by atoms with E-state index in [1.54, 1.807) is 6.08 Å². The molecule has 0 saturated carbocycles. The Morgan fingerprint density at radius 3 is 1.13 bits per heavy atom. The van der Waals surface area contributed by atoms with Crippen molar-refractivity contribution in [3.05, 3.63) is 36.5 Å². The zero-order valence-corrected chi connectivity index (χ0v) is 46.3. The van der Waals surface area contributed by atoms with Gasteiger partial charge in [-0.15, -0.1) is 0 Å². The van der Waals surface area contributed by atoms with Crippen LogP contribution in [0.2, 0.25) is 0 Å². The van der Waals surface area contributed by atoms with Crippen molar-refractivity contribution in [1.82, 2.24) is 5.32 Å². The van der Waals surface area contributed by atoms with E-state index in [2.05, 4.69) is 37.4 Å². The van der Waals surface area contributed by atoms with E-state index in [0.29, 0.717) is 25.9 Å². The number of unbranched alkanes of at least 4 members (excludes halogenated alkanes) is 42. The molecular weight excluding hydrogens is 851 g/mol. The standard InChI is InChI=1S/C63H119NO5/c1-3-5-7-9-11-13-15-17-19-21-22-23-24-25-26-27-28-31-35-39-43-47-51-55-61(66)60(59-65)64-62(67)56-52-48-44-40-36-32-30-34-38-42-46-50-54-58-69-63(68)57-53-49-45-41-37-33-29-20-18-16-14-12-10-8-6-4-2/h32,36,44,48,51,55,60-61,65-66H,3-31,33-35,37-43,45-47,49-50,52-54,56-59H2,1-2H3,(H,64,67)/b36-32-,48-44-,55-51+. The van der Waals surface area contributed by atoms with Crippen molar-refractivity contribution in [1.29, 1.82) is 0 Å². The lowest BCUT2D eigenvalue weighted by Gasteiger charge is -2.19. The number of esters is 1. The number of aliphatic hydroxyl groups is 2. The average Bonchev–Trinajstić information content (AvgIpc) is 3.35. The van der Waals surface area contributed by atoms with E-state index in [1.165, 1.54) is 244 Å². The van der Waals surface area contributed by atoms with E-state index in [4.69, 9.17) is 4.74 Å². The van der Waals surface area contributed by atoms with Gasteiger partial charge in [-0.05, 0) is 51.4 Å². The minimum atomic E-state index is -0.880. The van der Waals surface area contributed by atoms with Crippen LogP contribution in [0.1, 0.15) is 328 Å². The van der Waals surface area contributed by atoms with Crippen molar-refractivity contribution in [2.24, 2.45) is 0 Å². The molecule has 0 aliphatic carbocycles. The largest absolute Gasteiger partial charge is 0.466 e. The van der Waals surface area contributed by atoms with Crippen LogP contribution >= 0.6 is 0 Å². The van der Waals surface area contributed by atoms with Gasteiger partial charge in [-0.1, -0.05) is 301 Å². The Morgan fingerprint density at radius 1 is 0.406 bits per heavy atom. The molecule has 2 atom stereocenters. The smallest absolute Gasteiger partial charge is 0.305 e. The minimum Gasteiger partial charge on any atom is -0.466 e. The number of hydrogen-bond acceptors (Lipinski definition) is 5. The molecule has 406 valence electrons. The first-order chi connectivity index (χ1) is 34.0. The average molecular weight is 971 g/mol. The van der Waals surface area contributed by atoms with Crippen molar-refractivity contribution in [2.45, 2.75) is 341 Å². The number of nitrogens with one attached hydrogen (secondary N) is 1. The Hall–Kier alpha value is -1.92. The van der Waals surface area contributed by atoms with Gasteiger partial charge in [0.25, 0.3) is 0 Å². The Morgan fingerprint density at radius 2 is 0.739 bits per heavy atom. The first-order valence-electron chi connectivity index (χ1n) is 30.8. The maximum absolute atomic E-state index is 12.5. The van der Waals surface area contributed by atoms with Crippen LogP contribution in [0.5, 0.6) is 0 Å². The molecule has 0 heterocycles. The van der Waals surface area contributed by atoms with Gasteiger partial charge in [0.15, 0.2) is 0 Å². The van der Waals surface area contributed by atoms with Gasteiger partial charge < -0.3 is 20.3 Å². The number of aliphatic hydroxyl groups excluding tert-OH is 2. The molecule has 0 radical (unpaired) electrons. The SMILES string of the molecule is CCCCCCCCCCCCCCCCCCCCCCC/C=C/C(O)C(CO)NC(=O)CC/C=C\C/C=C\CCCCCCCCOC(=O)CCCCCCCCCCCCCCCCCC. The molecule has 0 bridgehead atoms. The molecule has 69 heavy (non-hydrogen) atoms. The summed E-state index contributed by atoms with van der Waals surface area (Å²) in [6.45, 7) is 4.86. The number of carbonyl (C=O) groups excluding carboxylic acids is 2. The van der Waals surface area contributed by atoms with Crippen LogP contribution in [0.3, 0.4) is 0 Å². The highest BCUT2D eigenvalue weighted by Crippen LogP contribution is 2.17. The molecule has 0 rings (SSSR count). The monoisotopic (exact) mass is 970 g/mol. The summed E-state index contributed by atoms with van der Waals surface area (Å²) in [5.41, 5.74) is 0. The van der Waals surface area contributed by atoms with E-state index in [1.807, 2.05) is 12.2 Å². The zero-order valence-electron chi connectivity index (χ0n) is 46.3. The lowest BCUT2D eigenvalue weighted by molar-refractivity contribution is -0.143. The Labute approximate surface area is 430 Å². The third-order valence-corrected chi connectivity index (χ3v) is 14.2. The van der Waals surface area contributed by atoms with Crippen LogP contribution in [0.25, 0.3) is 0 Å². The summed E-state index contributed by atoms with van der Waals surface area (Å²) in [7, 11) is 0. The van der Waals surface area contributed by atoms with Gasteiger partial charge in [0.2, 0.25) is 5.91 Å². The van der Waals surface area contributed by atoms with Gasteiger partial charge in [0.05, 0.1) is 25.4 Å². The first-order valence-corrected chi connectivity index (χ1v) is 30.8. The van der Waals surface area contributed by atoms with Crippen molar-refractivity contribution >= 4 is 11.9 Å². The second-order valence-corrected chi connectivity index (χ2v) is 21.0. The third kappa shape index (κ3) is 55.2. The second-order valence-electron chi connectivity index (χ2n) is 21.0. The highest BCUT2D eigenvalue weighted by molar-refractivity contribution is 5.76. The Balaban J connectivity index is 3.55. The maximum atomic E-state index is 12.5. The second kappa shape index (κ2) is 58.6. The lowest BCUT2D eigenvalue weighted by atomic mass is 10.0. The molecule has 0 aliphatic heterocycles. The molecule has 6 nitrogen and oxygen atoms in total. The molecule has 0 aromatic heterocycles. The van der Waals surface area contributed by atoms with Crippen LogP contribution in [-0.4, -0.2) is 47.4 Å². The fraction of sp³-hybridized carbons (Fsp3) is 0.873. The highest BCUT2D eigenvalue weighted by Gasteiger charge is 2.17. The van der Waals surface area contributed by atoms with Crippen LogP contribution in [0.15, 0.2) is 36.5 Å². The number of carbonyl (C=O) groups is 2. The summed E-state index contributed by atoms with van der Waals surface area (Å²) < 4.78 is 5.47. The lowest BCUT2D eigenvalue weighted by Crippen LogP contribution is -2.45. The summed E-state index contributed by atoms with van der Waals surface area (Å²) >= 11 is 0. The van der Waals surface area contributed by atoms with Gasteiger partial charge in [-0.2, -0.15) is 0 Å². The number of amides is 1. The summed E-state index contributed by atoms with van der Waals surface area (Å²) in [5, 5.41) is 23.1. The van der Waals surface area contributed by atoms with Crippen LogP contribution in [0.4, 0.5) is 0 Å². The summed E-state index contributed by atoms with van der Waals surface area (Å²) in [5.74, 6) is -0.160. The number of hydrogen-bond donors (Lipinski definition) is 3. The third-order valence-electron chi connectivity index (χ3n) is 14.2. The predicted octanol–water partition coefficient (Wildman–Crippen LogP) is 19.2. The van der Waals surface area contributed by atoms with Gasteiger partial charge in [-0.25, -0.2) is 0 Å². The van der Waals surface area contributed by atoms with Crippen LogP contribution in [0, 0.1) is 0 Å². The van der Waals surface area contributed by atoms with Gasteiger partial charge >= 0.3 is 5.97 Å². The first kappa shape index (κ1) is 67.1. The number of rotatable bonds is 57. The normalized spacial score (nSPS) is 12.8. The van der Waals surface area contributed by atoms with Gasteiger partial charge in [0.1, 0.15) is 0 Å². The zero-order chi connectivity index (χ0) is 50.0. The molecule has 0 spiro atoms. The van der Waals surface area contributed by atoms with Crippen LogP contribution < -0.4 is 5.32 Å². The van der Waals surface area contributed by atoms with Gasteiger partial charge in [0, 0.05) is 12.8 Å². The van der Waals surface area contributed by atoms with Crippen molar-refractivity contribution in [3.63, 3.8) is 0 Å². The Kier molecular flexibility index (Phi) is 57.0. The number of ether oxygens (including phenoxy) is 1. The molecule has 0 aliphatic rings. The summed E-state index contributed by atoms with van der Waals surface area (Å²) in [4.78, 5) is 24.5. The van der Waals surface area contributed by atoms with E-state index in [-0.39, 0.29) is 18.5 Å². The molecule has 0 aromatic rings.